The number of para-hydroxylation sites is 1. The van der Waals surface area contributed by atoms with Crippen molar-refractivity contribution in [1.29, 1.82) is 5.41 Å². The van der Waals surface area contributed by atoms with Gasteiger partial charge in [-0.25, -0.2) is 0 Å². The van der Waals surface area contributed by atoms with Crippen molar-refractivity contribution in [1.82, 2.24) is 5.32 Å². The number of carbonyl (C=O) groups is 1. The molecule has 96 valence electrons. The Balaban J connectivity index is 3.03. The van der Waals surface area contributed by atoms with Gasteiger partial charge in [-0.2, -0.15) is 0 Å². The van der Waals surface area contributed by atoms with Crippen molar-refractivity contribution in [3.8, 4) is 0 Å². The van der Waals surface area contributed by atoms with Crippen LogP contribution in [-0.2, 0) is 0 Å². The lowest BCUT2D eigenvalue weighted by atomic mass is 10.1. The summed E-state index contributed by atoms with van der Waals surface area (Å²) in [6, 6.07) is 6.93. The molecule has 0 heterocycles. The average molecular weight is 267 g/mol. The van der Waals surface area contributed by atoms with E-state index in [2.05, 4.69) is 10.6 Å². The van der Waals surface area contributed by atoms with E-state index in [0.29, 0.717) is 17.8 Å². The molecule has 18 heavy (non-hydrogen) atoms. The number of nitrogens with one attached hydrogen (secondary N) is 3. The van der Waals surface area contributed by atoms with Gasteiger partial charge < -0.3 is 21.8 Å². The van der Waals surface area contributed by atoms with E-state index in [1.54, 1.807) is 24.3 Å². The number of allylic oxidation sites excluding steroid dienone is 1. The molecular weight excluding hydrogens is 252 g/mol. The molecule has 1 aromatic carbocycles. The Morgan fingerprint density at radius 2 is 2.17 bits per heavy atom. The second-order valence-corrected chi connectivity index (χ2v) is 3.84. The minimum absolute atomic E-state index is 0.0840. The first kappa shape index (κ1) is 14.1. The van der Waals surface area contributed by atoms with Crippen molar-refractivity contribution in [3.05, 3.63) is 40.7 Å². The third-order valence-corrected chi connectivity index (χ3v) is 2.48. The van der Waals surface area contributed by atoms with Gasteiger partial charge >= 0.3 is 0 Å². The normalized spacial score (nSPS) is 11.4. The number of nitrogens with two attached hydrogens (primary N) is 1. The molecule has 0 unspecified atom stereocenters. The largest absolute Gasteiger partial charge is 0.384 e. The van der Waals surface area contributed by atoms with Crippen molar-refractivity contribution in [2.24, 2.45) is 5.73 Å². The van der Waals surface area contributed by atoms with Gasteiger partial charge in [-0.3, -0.25) is 4.79 Å². The van der Waals surface area contributed by atoms with E-state index in [4.69, 9.17) is 22.7 Å². The first-order valence-electron chi connectivity index (χ1n) is 5.40. The van der Waals surface area contributed by atoms with Gasteiger partial charge in [-0.05, 0) is 19.1 Å². The minimum Gasteiger partial charge on any atom is -0.384 e. The zero-order valence-corrected chi connectivity index (χ0v) is 10.7. The van der Waals surface area contributed by atoms with Crippen molar-refractivity contribution >= 4 is 29.4 Å². The second-order valence-electron chi connectivity index (χ2n) is 3.44. The first-order chi connectivity index (χ1) is 8.60. The molecule has 5 N–H and O–H groups in total. The summed E-state index contributed by atoms with van der Waals surface area (Å²) in [6.45, 7) is 2.38. The molecule has 0 radical (unpaired) electrons. The maximum absolute atomic E-state index is 11.8. The van der Waals surface area contributed by atoms with Gasteiger partial charge in [0.05, 0.1) is 16.3 Å². The predicted molar refractivity (Wildman–Crippen MR) is 73.9 cm³/mol. The van der Waals surface area contributed by atoms with Crippen molar-refractivity contribution in [3.63, 3.8) is 0 Å². The highest BCUT2D eigenvalue weighted by Gasteiger charge is 2.10. The number of rotatable bonds is 5. The monoisotopic (exact) mass is 266 g/mol. The Hall–Kier alpha value is -2.01. The molecule has 1 rings (SSSR count). The predicted octanol–water partition coefficient (Wildman–Crippen LogP) is 1.86. The van der Waals surface area contributed by atoms with Crippen molar-refractivity contribution < 1.29 is 4.79 Å². The Morgan fingerprint density at radius 1 is 1.50 bits per heavy atom. The molecule has 0 aromatic heterocycles. The quantitative estimate of drug-likeness (QED) is 0.613. The molecule has 0 saturated heterocycles. The number of halogens is 1. The average Bonchev–Trinajstić information content (AvgIpc) is 2.38. The lowest BCUT2D eigenvalue weighted by molar-refractivity contribution is 0.0956. The highest BCUT2D eigenvalue weighted by atomic mass is 35.5. The van der Waals surface area contributed by atoms with Gasteiger partial charge in [-0.15, -0.1) is 0 Å². The fourth-order valence-corrected chi connectivity index (χ4v) is 1.38. The van der Waals surface area contributed by atoms with Crippen molar-refractivity contribution in [2.45, 2.75) is 6.92 Å². The molecule has 5 nitrogen and oxygen atoms in total. The van der Waals surface area contributed by atoms with Crippen LogP contribution in [0.3, 0.4) is 0 Å². The standard InChI is InChI=1S/C12H15ClN4O/c1-2-16-12(18)8-5-3-4-6-10(8)17-11(15)9(13)7-14/h3-7,14,17H,2,15H2,1H3,(H,16,18)/b11-9-,14-7?. The topological polar surface area (TPSA) is 91.0 Å². The van der Waals surface area contributed by atoms with E-state index in [0.717, 1.165) is 6.21 Å². The fourth-order valence-electron chi connectivity index (χ4n) is 1.33. The maximum Gasteiger partial charge on any atom is 0.253 e. The summed E-state index contributed by atoms with van der Waals surface area (Å²) in [4.78, 5) is 11.8. The molecule has 0 fully saturated rings. The summed E-state index contributed by atoms with van der Waals surface area (Å²) in [5.41, 5.74) is 6.67. The lowest BCUT2D eigenvalue weighted by Crippen LogP contribution is -2.24. The van der Waals surface area contributed by atoms with Gasteiger partial charge in [0.2, 0.25) is 0 Å². The summed E-state index contributed by atoms with van der Waals surface area (Å²) in [6.07, 6.45) is 0.929. The number of benzene rings is 1. The zero-order valence-electron chi connectivity index (χ0n) is 9.96. The van der Waals surface area contributed by atoms with Gasteiger partial charge in [-0.1, -0.05) is 23.7 Å². The molecule has 0 aliphatic rings. The highest BCUT2D eigenvalue weighted by molar-refractivity contribution is 6.39. The number of anilines is 1. The summed E-state index contributed by atoms with van der Waals surface area (Å²) in [7, 11) is 0. The van der Waals surface area contributed by atoms with E-state index in [-0.39, 0.29) is 16.8 Å². The van der Waals surface area contributed by atoms with Crippen LogP contribution in [0.4, 0.5) is 5.69 Å². The number of carbonyl (C=O) groups excluding carboxylic acids is 1. The maximum atomic E-state index is 11.8. The summed E-state index contributed by atoms with van der Waals surface area (Å²) >= 11 is 5.71. The summed E-state index contributed by atoms with van der Waals surface area (Å²) in [5.74, 6) is -0.0669. The molecule has 0 saturated carbocycles. The molecule has 1 amide bonds. The van der Waals surface area contributed by atoms with Crippen LogP contribution < -0.4 is 16.4 Å². The Labute approximate surface area is 111 Å². The first-order valence-corrected chi connectivity index (χ1v) is 5.78. The lowest BCUT2D eigenvalue weighted by Gasteiger charge is -2.12. The number of amides is 1. The molecule has 0 bridgehead atoms. The Morgan fingerprint density at radius 3 is 2.78 bits per heavy atom. The number of hydrogen-bond donors (Lipinski definition) is 4. The Bertz CT molecular complexity index is 485. The smallest absolute Gasteiger partial charge is 0.253 e. The molecule has 0 atom stereocenters. The molecule has 1 aromatic rings. The van der Waals surface area contributed by atoms with E-state index < -0.39 is 0 Å². The van der Waals surface area contributed by atoms with Crippen LogP contribution in [0.15, 0.2) is 35.1 Å². The van der Waals surface area contributed by atoms with Crippen LogP contribution >= 0.6 is 11.6 Å². The molecule has 6 heteroatoms. The summed E-state index contributed by atoms with van der Waals surface area (Å²) in [5, 5.41) is 12.6. The van der Waals surface area contributed by atoms with Gasteiger partial charge in [0.25, 0.3) is 5.91 Å². The molecular formula is C12H15ClN4O. The Kier molecular flexibility index (Phi) is 5.20. The fraction of sp³-hybridized carbons (Fsp3) is 0.167. The highest BCUT2D eigenvalue weighted by Crippen LogP contribution is 2.17. The van der Waals surface area contributed by atoms with E-state index in [1.165, 1.54) is 0 Å². The van der Waals surface area contributed by atoms with Crippen LogP contribution in [0.5, 0.6) is 0 Å². The molecule has 0 aliphatic carbocycles. The van der Waals surface area contributed by atoms with E-state index in [1.807, 2.05) is 6.92 Å². The number of hydrogen-bond acceptors (Lipinski definition) is 4. The van der Waals surface area contributed by atoms with Crippen molar-refractivity contribution in [2.75, 3.05) is 11.9 Å². The molecule has 0 aliphatic heterocycles. The van der Waals surface area contributed by atoms with E-state index in [9.17, 15) is 4.79 Å². The van der Waals surface area contributed by atoms with Gasteiger partial charge in [0, 0.05) is 12.8 Å². The third-order valence-electron chi connectivity index (χ3n) is 2.16. The third kappa shape index (κ3) is 3.49. The van der Waals surface area contributed by atoms with Crippen LogP contribution in [0, 0.1) is 5.41 Å². The second kappa shape index (κ2) is 6.66. The SMILES string of the molecule is CCNC(=O)c1ccccc1N/C(N)=C(\Cl)C=N. The zero-order chi connectivity index (χ0) is 13.5. The molecule has 0 spiro atoms. The van der Waals surface area contributed by atoms with Crippen LogP contribution in [-0.4, -0.2) is 18.7 Å². The van der Waals surface area contributed by atoms with Gasteiger partial charge in [0.15, 0.2) is 0 Å². The van der Waals surface area contributed by atoms with E-state index >= 15 is 0 Å². The van der Waals surface area contributed by atoms with Crippen LogP contribution in [0.25, 0.3) is 0 Å². The van der Waals surface area contributed by atoms with Crippen LogP contribution in [0.1, 0.15) is 17.3 Å². The van der Waals surface area contributed by atoms with Gasteiger partial charge in [0.1, 0.15) is 5.82 Å². The minimum atomic E-state index is -0.195. The summed E-state index contributed by atoms with van der Waals surface area (Å²) < 4.78 is 0. The van der Waals surface area contributed by atoms with Crippen LogP contribution in [0.2, 0.25) is 0 Å².